The number of imidazole rings is 1. The van der Waals surface area contributed by atoms with E-state index in [1.54, 1.807) is 10.7 Å². The summed E-state index contributed by atoms with van der Waals surface area (Å²) in [5.74, 6) is 3.31. The number of ether oxygens (including phenoxy) is 2. The molecular formula is C44H56N10O5. The van der Waals surface area contributed by atoms with Crippen LogP contribution in [0.3, 0.4) is 0 Å². The third kappa shape index (κ3) is 9.86. The SMILES string of the molecule is CC1CN(Cc2ccccc2)CC1c1nn2c(C3CCCOC3)ncc2c(=O)[nH]1.CC1CN(Cc2ccccc2)CC1c1nnc(CNC(=O)C2CCCOC2)c(=O)[nH]1. The lowest BCUT2D eigenvalue weighted by atomic mass is 9.97. The summed E-state index contributed by atoms with van der Waals surface area (Å²) >= 11 is 0. The van der Waals surface area contributed by atoms with Crippen LogP contribution in [-0.4, -0.2) is 103 Å². The molecule has 0 radical (unpaired) electrons. The minimum atomic E-state index is -0.283. The van der Waals surface area contributed by atoms with E-state index >= 15 is 0 Å². The fourth-order valence-electron chi connectivity index (χ4n) is 9.03. The Morgan fingerprint density at radius 1 is 0.763 bits per heavy atom. The monoisotopic (exact) mass is 804 g/mol. The van der Waals surface area contributed by atoms with Gasteiger partial charge in [-0.3, -0.25) is 24.2 Å². The van der Waals surface area contributed by atoms with Gasteiger partial charge in [-0.05, 0) is 48.6 Å². The van der Waals surface area contributed by atoms with E-state index in [2.05, 4.69) is 90.5 Å². The van der Waals surface area contributed by atoms with Crippen LogP contribution in [-0.2, 0) is 33.9 Å². The Morgan fingerprint density at radius 2 is 1.37 bits per heavy atom. The highest BCUT2D eigenvalue weighted by Crippen LogP contribution is 2.32. The third-order valence-corrected chi connectivity index (χ3v) is 12.3. The molecule has 4 aliphatic heterocycles. The molecule has 2 aromatic carbocycles. The fraction of sp³-hybridized carbons (Fsp3) is 0.523. The van der Waals surface area contributed by atoms with E-state index in [0.717, 1.165) is 83.2 Å². The number of benzene rings is 2. The second-order valence-corrected chi connectivity index (χ2v) is 16.8. The summed E-state index contributed by atoms with van der Waals surface area (Å²) in [6.07, 6.45) is 5.37. The van der Waals surface area contributed by atoms with Gasteiger partial charge >= 0.3 is 0 Å². The average molecular weight is 805 g/mol. The summed E-state index contributed by atoms with van der Waals surface area (Å²) in [5, 5.41) is 16.1. The molecule has 0 bridgehead atoms. The number of hydrogen-bond donors (Lipinski definition) is 3. The Balaban J connectivity index is 0.000000164. The molecule has 312 valence electrons. The second kappa shape index (κ2) is 18.9. The lowest BCUT2D eigenvalue weighted by molar-refractivity contribution is -0.129. The number of hydrogen-bond acceptors (Lipinski definition) is 11. The zero-order valence-electron chi connectivity index (χ0n) is 34.1. The van der Waals surface area contributed by atoms with E-state index in [0.29, 0.717) is 43.0 Å². The van der Waals surface area contributed by atoms with E-state index in [-0.39, 0.29) is 52.9 Å². The first-order chi connectivity index (χ1) is 28.8. The van der Waals surface area contributed by atoms with E-state index in [1.165, 1.54) is 11.1 Å². The molecule has 0 aliphatic carbocycles. The topological polar surface area (TPSA) is 176 Å². The number of aromatic amines is 2. The lowest BCUT2D eigenvalue weighted by Gasteiger charge is -2.21. The van der Waals surface area contributed by atoms with Gasteiger partial charge in [0.25, 0.3) is 11.1 Å². The Hall–Kier alpha value is -5.09. The van der Waals surface area contributed by atoms with Gasteiger partial charge in [0.05, 0.1) is 31.9 Å². The summed E-state index contributed by atoms with van der Waals surface area (Å²) in [4.78, 5) is 52.8. The molecule has 6 unspecified atom stereocenters. The average Bonchev–Trinajstić information content (AvgIpc) is 3.97. The van der Waals surface area contributed by atoms with Crippen molar-refractivity contribution in [2.75, 3.05) is 52.6 Å². The minimum Gasteiger partial charge on any atom is -0.381 e. The molecule has 3 N–H and O–H groups in total. The van der Waals surface area contributed by atoms with Gasteiger partial charge in [-0.15, -0.1) is 10.2 Å². The van der Waals surface area contributed by atoms with Crippen LogP contribution in [0.15, 0.2) is 76.4 Å². The number of H-pyrrole nitrogens is 2. The van der Waals surface area contributed by atoms with Crippen molar-refractivity contribution in [3.05, 3.63) is 122 Å². The van der Waals surface area contributed by atoms with Crippen molar-refractivity contribution in [1.82, 2.24) is 49.9 Å². The number of carbonyl (C=O) groups excluding carboxylic acids is 1. The number of amides is 1. The van der Waals surface area contributed by atoms with E-state index < -0.39 is 0 Å². The van der Waals surface area contributed by atoms with Crippen molar-refractivity contribution in [2.24, 2.45) is 17.8 Å². The van der Waals surface area contributed by atoms with Gasteiger partial charge < -0.3 is 24.8 Å². The number of aromatic nitrogens is 7. The van der Waals surface area contributed by atoms with Crippen molar-refractivity contribution in [2.45, 2.75) is 76.9 Å². The second-order valence-electron chi connectivity index (χ2n) is 16.8. The van der Waals surface area contributed by atoms with Gasteiger partial charge in [0, 0.05) is 70.2 Å². The number of carbonyl (C=O) groups is 1. The molecule has 5 aromatic rings. The van der Waals surface area contributed by atoms with Crippen LogP contribution in [0.1, 0.15) is 91.6 Å². The standard InChI is InChI=1S/C22H29N5O3.C22H27N5O2/c1-15-11-27(12-16-6-3-2-4-7-16)13-18(15)20-24-22(29)19(25-26-20)10-23-21(28)17-8-5-9-30-14-17;1-15-11-26(12-16-6-3-2-4-7-16)13-18(15)20-24-22(28)19-10-23-21(27(19)25-20)17-8-5-9-29-14-17/h2-4,6-7,15,17-18H,5,8-14H2,1H3,(H,23,28)(H,24,26,29);2-4,6-7,10,15,17-18H,5,8-9,11-14H2,1H3,(H,24,25,28). The first kappa shape index (κ1) is 40.7. The van der Waals surface area contributed by atoms with Gasteiger partial charge in [-0.25, -0.2) is 9.50 Å². The van der Waals surface area contributed by atoms with Gasteiger partial charge in [-0.1, -0.05) is 74.5 Å². The fourth-order valence-corrected chi connectivity index (χ4v) is 9.03. The van der Waals surface area contributed by atoms with E-state index in [4.69, 9.17) is 14.6 Å². The molecule has 15 nitrogen and oxygen atoms in total. The minimum absolute atomic E-state index is 0.0816. The Bertz CT molecular complexity index is 2270. The van der Waals surface area contributed by atoms with Gasteiger partial charge in [-0.2, -0.15) is 5.10 Å². The van der Waals surface area contributed by atoms with Crippen LogP contribution in [0.5, 0.6) is 0 Å². The summed E-state index contributed by atoms with van der Waals surface area (Å²) in [6, 6.07) is 20.9. The largest absolute Gasteiger partial charge is 0.381 e. The van der Waals surface area contributed by atoms with Crippen LogP contribution < -0.4 is 16.4 Å². The third-order valence-electron chi connectivity index (χ3n) is 12.3. The van der Waals surface area contributed by atoms with Crippen LogP contribution in [0.25, 0.3) is 5.52 Å². The molecule has 4 aliphatic rings. The highest BCUT2D eigenvalue weighted by molar-refractivity contribution is 5.78. The van der Waals surface area contributed by atoms with Gasteiger partial charge in [0.1, 0.15) is 23.2 Å². The smallest absolute Gasteiger partial charge is 0.276 e. The molecule has 15 heteroatoms. The predicted molar refractivity (Wildman–Crippen MR) is 222 cm³/mol. The first-order valence-corrected chi connectivity index (χ1v) is 21.2. The number of nitrogens with zero attached hydrogens (tertiary/aromatic N) is 7. The molecule has 4 fully saturated rings. The molecule has 0 saturated carbocycles. The summed E-state index contributed by atoms with van der Waals surface area (Å²) in [6.45, 7) is 12.6. The molecule has 9 rings (SSSR count). The maximum atomic E-state index is 12.7. The van der Waals surface area contributed by atoms with E-state index in [9.17, 15) is 14.4 Å². The highest BCUT2D eigenvalue weighted by atomic mass is 16.5. The molecule has 1 amide bonds. The van der Waals surface area contributed by atoms with Gasteiger partial charge in [0.15, 0.2) is 5.52 Å². The molecule has 3 aromatic heterocycles. The summed E-state index contributed by atoms with van der Waals surface area (Å²) < 4.78 is 12.7. The molecule has 59 heavy (non-hydrogen) atoms. The van der Waals surface area contributed by atoms with Crippen molar-refractivity contribution in [1.29, 1.82) is 0 Å². The predicted octanol–water partition coefficient (Wildman–Crippen LogP) is 3.99. The number of fused-ring (bicyclic) bond motifs is 1. The van der Waals surface area contributed by atoms with Crippen molar-refractivity contribution in [3.8, 4) is 0 Å². The Morgan fingerprint density at radius 3 is 1.97 bits per heavy atom. The molecule has 6 atom stereocenters. The first-order valence-electron chi connectivity index (χ1n) is 21.2. The van der Waals surface area contributed by atoms with Crippen LogP contribution in [0.4, 0.5) is 0 Å². The number of nitrogens with one attached hydrogen (secondary N) is 3. The maximum absolute atomic E-state index is 12.7. The van der Waals surface area contributed by atoms with Gasteiger partial charge in [0.2, 0.25) is 5.91 Å². The van der Waals surface area contributed by atoms with Crippen LogP contribution in [0, 0.1) is 17.8 Å². The maximum Gasteiger partial charge on any atom is 0.276 e. The molecule has 4 saturated heterocycles. The number of likely N-dealkylation sites (tertiary alicyclic amines) is 2. The van der Waals surface area contributed by atoms with Crippen LogP contribution >= 0.6 is 0 Å². The Labute approximate surface area is 343 Å². The van der Waals surface area contributed by atoms with E-state index in [1.807, 2.05) is 24.3 Å². The quantitative estimate of drug-likeness (QED) is 0.186. The zero-order valence-corrected chi connectivity index (χ0v) is 34.1. The highest BCUT2D eigenvalue weighted by Gasteiger charge is 2.35. The van der Waals surface area contributed by atoms with Crippen LogP contribution in [0.2, 0.25) is 0 Å². The van der Waals surface area contributed by atoms with Crippen molar-refractivity contribution < 1.29 is 14.3 Å². The zero-order chi connectivity index (χ0) is 40.7. The summed E-state index contributed by atoms with van der Waals surface area (Å²) in [5.41, 5.74) is 2.94. The lowest BCUT2D eigenvalue weighted by Crippen LogP contribution is -2.37. The molecule has 0 spiro atoms. The van der Waals surface area contributed by atoms with Crippen molar-refractivity contribution in [3.63, 3.8) is 0 Å². The normalized spacial score (nSPS) is 25.1. The number of rotatable bonds is 10. The Kier molecular flexibility index (Phi) is 13.0. The molecular weight excluding hydrogens is 749 g/mol. The molecule has 7 heterocycles. The summed E-state index contributed by atoms with van der Waals surface area (Å²) in [7, 11) is 0. The van der Waals surface area contributed by atoms with Crippen molar-refractivity contribution >= 4 is 11.4 Å².